The minimum absolute atomic E-state index is 0.467. The molecule has 1 saturated heterocycles. The fraction of sp³-hybridized carbons (Fsp3) is 0.952. The van der Waals surface area contributed by atoms with E-state index in [1.165, 1.54) is 58.3 Å². The molecular weight excluding hydrogens is 322 g/mol. The van der Waals surface area contributed by atoms with Crippen LogP contribution in [0.25, 0.3) is 0 Å². The summed E-state index contributed by atoms with van der Waals surface area (Å²) in [6.07, 6.45) is 6.29. The summed E-state index contributed by atoms with van der Waals surface area (Å²) in [6.45, 7) is 20.3. The van der Waals surface area contributed by atoms with Gasteiger partial charge in [0.05, 0.1) is 0 Å². The molecule has 1 unspecified atom stereocenters. The quantitative estimate of drug-likeness (QED) is 0.411. The van der Waals surface area contributed by atoms with Crippen LogP contribution in [0.3, 0.4) is 0 Å². The number of piperidine rings is 1. The van der Waals surface area contributed by atoms with Crippen LogP contribution >= 0.6 is 0 Å². The average Bonchev–Trinajstić information content (AvgIpc) is 2.65. The lowest BCUT2D eigenvalue weighted by molar-refractivity contribution is 0.188. The second-order valence-electron chi connectivity index (χ2n) is 7.72. The molecule has 154 valence electrons. The first-order valence-electron chi connectivity index (χ1n) is 11.1. The molecule has 2 N–H and O–H groups in total. The molecule has 1 heterocycles. The van der Waals surface area contributed by atoms with Gasteiger partial charge in [-0.25, -0.2) is 0 Å². The Balaban J connectivity index is 2.34. The molecule has 1 aliphatic rings. The molecule has 0 aromatic heterocycles. The van der Waals surface area contributed by atoms with Crippen LogP contribution in [-0.4, -0.2) is 74.2 Å². The van der Waals surface area contributed by atoms with E-state index in [0.717, 1.165) is 38.1 Å². The van der Waals surface area contributed by atoms with E-state index in [0.29, 0.717) is 6.04 Å². The number of hydrogen-bond acceptors (Lipinski definition) is 3. The zero-order valence-corrected chi connectivity index (χ0v) is 18.2. The van der Waals surface area contributed by atoms with Gasteiger partial charge < -0.3 is 20.4 Å². The predicted molar refractivity (Wildman–Crippen MR) is 115 cm³/mol. The Bertz CT molecular complexity index is 359. The second-order valence-corrected chi connectivity index (χ2v) is 7.72. The van der Waals surface area contributed by atoms with Crippen molar-refractivity contribution >= 4 is 5.96 Å². The Labute approximate surface area is 163 Å². The van der Waals surface area contributed by atoms with E-state index in [4.69, 9.17) is 4.99 Å². The van der Waals surface area contributed by atoms with Crippen molar-refractivity contribution < 1.29 is 0 Å². The molecule has 0 aromatic carbocycles. The van der Waals surface area contributed by atoms with Crippen LogP contribution in [0.15, 0.2) is 4.99 Å². The van der Waals surface area contributed by atoms with Crippen molar-refractivity contribution in [3.63, 3.8) is 0 Å². The topological polar surface area (TPSA) is 42.9 Å². The normalized spacial score (nSPS) is 18.3. The van der Waals surface area contributed by atoms with Crippen molar-refractivity contribution in [2.45, 2.75) is 72.8 Å². The summed E-state index contributed by atoms with van der Waals surface area (Å²) in [5, 5.41) is 7.03. The summed E-state index contributed by atoms with van der Waals surface area (Å²) < 4.78 is 0. The molecule has 0 amide bonds. The van der Waals surface area contributed by atoms with Crippen molar-refractivity contribution in [1.82, 2.24) is 20.4 Å². The largest absolute Gasteiger partial charge is 0.357 e. The van der Waals surface area contributed by atoms with E-state index in [-0.39, 0.29) is 0 Å². The molecule has 1 fully saturated rings. The Hall–Kier alpha value is -0.810. The van der Waals surface area contributed by atoms with Gasteiger partial charge in [-0.05, 0) is 91.1 Å². The van der Waals surface area contributed by atoms with Gasteiger partial charge in [0.25, 0.3) is 0 Å². The van der Waals surface area contributed by atoms with E-state index in [9.17, 15) is 0 Å². The Morgan fingerprint density at radius 3 is 2.42 bits per heavy atom. The maximum Gasteiger partial charge on any atom is 0.191 e. The number of nitrogens with one attached hydrogen (secondary N) is 2. The summed E-state index contributed by atoms with van der Waals surface area (Å²) in [6, 6.07) is 0.467. The predicted octanol–water partition coefficient (Wildman–Crippen LogP) is 3.17. The maximum absolute atomic E-state index is 4.89. The summed E-state index contributed by atoms with van der Waals surface area (Å²) in [5.74, 6) is 1.75. The number of hydrogen-bond donors (Lipinski definition) is 2. The Kier molecular flexibility index (Phi) is 12.8. The molecule has 1 aliphatic heterocycles. The maximum atomic E-state index is 4.89. The highest BCUT2D eigenvalue weighted by Crippen LogP contribution is 2.17. The van der Waals surface area contributed by atoms with Crippen LogP contribution in [-0.2, 0) is 0 Å². The second kappa shape index (κ2) is 14.3. The SMILES string of the molecule is CCCN1CCC(CN=C(NCC)NC(C)CCCN(CC)CC)CC1. The first-order chi connectivity index (χ1) is 12.6. The molecule has 26 heavy (non-hydrogen) atoms. The number of aliphatic imine (C=N–C) groups is 1. The molecule has 0 aliphatic carbocycles. The molecular formula is C21H45N5. The minimum Gasteiger partial charge on any atom is -0.357 e. The highest BCUT2D eigenvalue weighted by molar-refractivity contribution is 5.80. The van der Waals surface area contributed by atoms with Gasteiger partial charge in [0, 0.05) is 19.1 Å². The highest BCUT2D eigenvalue weighted by atomic mass is 15.2. The van der Waals surface area contributed by atoms with Crippen molar-refractivity contribution in [1.29, 1.82) is 0 Å². The van der Waals surface area contributed by atoms with E-state index < -0.39 is 0 Å². The van der Waals surface area contributed by atoms with Gasteiger partial charge in [0.2, 0.25) is 0 Å². The van der Waals surface area contributed by atoms with E-state index in [1.54, 1.807) is 0 Å². The molecule has 1 atom stereocenters. The number of guanidine groups is 1. The van der Waals surface area contributed by atoms with Crippen molar-refractivity contribution in [2.75, 3.05) is 52.4 Å². The molecule has 0 saturated carbocycles. The van der Waals surface area contributed by atoms with Gasteiger partial charge in [-0.15, -0.1) is 0 Å². The summed E-state index contributed by atoms with van der Waals surface area (Å²) >= 11 is 0. The van der Waals surface area contributed by atoms with Gasteiger partial charge in [0.15, 0.2) is 5.96 Å². The van der Waals surface area contributed by atoms with Crippen molar-refractivity contribution in [3.05, 3.63) is 0 Å². The van der Waals surface area contributed by atoms with Gasteiger partial charge in [-0.2, -0.15) is 0 Å². The van der Waals surface area contributed by atoms with E-state index in [1.807, 2.05) is 0 Å². The van der Waals surface area contributed by atoms with Crippen molar-refractivity contribution in [2.24, 2.45) is 10.9 Å². The smallest absolute Gasteiger partial charge is 0.191 e. The lowest BCUT2D eigenvalue weighted by Crippen LogP contribution is -2.43. The zero-order chi connectivity index (χ0) is 19.2. The van der Waals surface area contributed by atoms with Gasteiger partial charge in [-0.3, -0.25) is 4.99 Å². The van der Waals surface area contributed by atoms with Gasteiger partial charge >= 0.3 is 0 Å². The third-order valence-corrected chi connectivity index (χ3v) is 5.49. The number of rotatable bonds is 12. The standard InChI is InChI=1S/C21H45N5/c1-6-14-26-16-12-20(13-17-26)18-23-21(22-7-2)24-19(5)11-10-15-25(8-3)9-4/h19-20H,6-18H2,1-5H3,(H2,22,23,24). The first-order valence-corrected chi connectivity index (χ1v) is 11.1. The van der Waals surface area contributed by atoms with Crippen LogP contribution in [0.4, 0.5) is 0 Å². The zero-order valence-electron chi connectivity index (χ0n) is 18.2. The minimum atomic E-state index is 0.467. The van der Waals surface area contributed by atoms with Crippen LogP contribution < -0.4 is 10.6 Å². The van der Waals surface area contributed by atoms with E-state index >= 15 is 0 Å². The average molecular weight is 368 g/mol. The molecule has 5 heteroatoms. The van der Waals surface area contributed by atoms with E-state index in [2.05, 4.69) is 55.1 Å². The molecule has 0 aromatic rings. The molecule has 0 bridgehead atoms. The molecule has 0 spiro atoms. The molecule has 0 radical (unpaired) electrons. The lowest BCUT2D eigenvalue weighted by atomic mass is 9.97. The summed E-state index contributed by atoms with van der Waals surface area (Å²) in [5.41, 5.74) is 0. The fourth-order valence-electron chi connectivity index (χ4n) is 3.72. The number of likely N-dealkylation sites (tertiary alicyclic amines) is 1. The third-order valence-electron chi connectivity index (χ3n) is 5.49. The number of nitrogens with zero attached hydrogens (tertiary/aromatic N) is 3. The van der Waals surface area contributed by atoms with Gasteiger partial charge in [0.1, 0.15) is 0 Å². The van der Waals surface area contributed by atoms with Crippen molar-refractivity contribution in [3.8, 4) is 0 Å². The summed E-state index contributed by atoms with van der Waals surface area (Å²) in [4.78, 5) is 9.98. The molecule has 5 nitrogen and oxygen atoms in total. The molecule has 1 rings (SSSR count). The fourth-order valence-corrected chi connectivity index (χ4v) is 3.72. The van der Waals surface area contributed by atoms with Crippen LogP contribution in [0, 0.1) is 5.92 Å². The van der Waals surface area contributed by atoms with Gasteiger partial charge in [-0.1, -0.05) is 20.8 Å². The Morgan fingerprint density at radius 1 is 1.15 bits per heavy atom. The first kappa shape index (κ1) is 23.2. The highest BCUT2D eigenvalue weighted by Gasteiger charge is 2.18. The monoisotopic (exact) mass is 367 g/mol. The van der Waals surface area contributed by atoms with Crippen LogP contribution in [0.5, 0.6) is 0 Å². The summed E-state index contributed by atoms with van der Waals surface area (Å²) in [7, 11) is 0. The van der Waals surface area contributed by atoms with Crippen LogP contribution in [0.2, 0.25) is 0 Å². The lowest BCUT2D eigenvalue weighted by Gasteiger charge is -2.31. The Morgan fingerprint density at radius 2 is 1.85 bits per heavy atom. The third kappa shape index (κ3) is 9.77. The van der Waals surface area contributed by atoms with Crippen LogP contribution in [0.1, 0.15) is 66.7 Å².